The van der Waals surface area contributed by atoms with Gasteiger partial charge in [0.1, 0.15) is 5.41 Å². The maximum Gasteiger partial charge on any atom is 0.242 e. The van der Waals surface area contributed by atoms with Crippen LogP contribution < -0.4 is 4.90 Å². The van der Waals surface area contributed by atoms with Crippen LogP contribution in [-0.2, 0) is 23.2 Å². The summed E-state index contributed by atoms with van der Waals surface area (Å²) >= 11 is 0. The number of benzene rings is 3. The van der Waals surface area contributed by atoms with E-state index in [1.807, 2.05) is 84.9 Å². The first-order valence-corrected chi connectivity index (χ1v) is 9.42. The molecule has 0 spiro atoms. The zero-order chi connectivity index (χ0) is 20.3. The third kappa shape index (κ3) is 3.55. The summed E-state index contributed by atoms with van der Waals surface area (Å²) in [7, 11) is 0. The lowest BCUT2D eigenvalue weighted by Crippen LogP contribution is -2.40. The Morgan fingerprint density at radius 2 is 1.45 bits per heavy atom. The molecule has 5 heteroatoms. The van der Waals surface area contributed by atoms with E-state index in [0.29, 0.717) is 13.0 Å². The van der Waals surface area contributed by atoms with Crippen molar-refractivity contribution in [3.05, 3.63) is 124 Å². The van der Waals surface area contributed by atoms with Crippen LogP contribution in [0.3, 0.4) is 0 Å². The topological polar surface area (TPSA) is 63.5 Å². The van der Waals surface area contributed by atoms with Gasteiger partial charge in [0, 0.05) is 11.8 Å². The van der Waals surface area contributed by atoms with Gasteiger partial charge in [0.05, 0.1) is 11.5 Å². The van der Waals surface area contributed by atoms with Crippen molar-refractivity contribution in [3.63, 3.8) is 0 Å². The normalized spacial score (nSPS) is 18.2. The maximum absolute atomic E-state index is 13.8. The van der Waals surface area contributed by atoms with Crippen molar-refractivity contribution in [3.8, 4) is 0 Å². The maximum atomic E-state index is 13.8. The lowest BCUT2D eigenvalue weighted by Gasteiger charge is -2.25. The van der Waals surface area contributed by atoms with Crippen molar-refractivity contribution < 1.29 is 9.72 Å². The minimum absolute atomic E-state index is 0.149. The summed E-state index contributed by atoms with van der Waals surface area (Å²) in [5.41, 5.74) is 2.43. The minimum Gasteiger partial charge on any atom is -0.307 e. The Labute approximate surface area is 169 Å². The number of rotatable bonds is 6. The molecule has 3 aromatic rings. The number of nitro groups is 1. The minimum atomic E-state index is -1.11. The van der Waals surface area contributed by atoms with Crippen molar-refractivity contribution in [1.82, 2.24) is 0 Å². The molecular weight excluding hydrogens is 364 g/mol. The average Bonchev–Trinajstić information content (AvgIpc) is 2.97. The van der Waals surface area contributed by atoms with Crippen LogP contribution in [0.5, 0.6) is 0 Å². The summed E-state index contributed by atoms with van der Waals surface area (Å²) in [6, 6.07) is 26.9. The summed E-state index contributed by atoms with van der Waals surface area (Å²) < 4.78 is 0. The smallest absolute Gasteiger partial charge is 0.242 e. The van der Waals surface area contributed by atoms with Gasteiger partial charge in [-0.1, -0.05) is 78.9 Å². The van der Waals surface area contributed by atoms with Crippen LogP contribution >= 0.6 is 0 Å². The van der Waals surface area contributed by atoms with E-state index in [9.17, 15) is 14.9 Å². The number of carbonyl (C=O) groups is 1. The van der Waals surface area contributed by atoms with Crippen molar-refractivity contribution in [2.45, 2.75) is 18.4 Å². The molecule has 29 heavy (non-hydrogen) atoms. The Hall–Kier alpha value is -3.73. The predicted octanol–water partition coefficient (Wildman–Crippen LogP) is 4.50. The molecule has 5 nitrogen and oxygen atoms in total. The zero-order valence-electron chi connectivity index (χ0n) is 15.8. The molecule has 0 saturated carbocycles. The Kier molecular flexibility index (Phi) is 4.96. The van der Waals surface area contributed by atoms with Gasteiger partial charge < -0.3 is 4.90 Å². The van der Waals surface area contributed by atoms with Crippen LogP contribution in [0.2, 0.25) is 0 Å². The molecule has 1 atom stereocenters. The van der Waals surface area contributed by atoms with E-state index in [-0.39, 0.29) is 5.91 Å². The fraction of sp³-hybridized carbons (Fsp3) is 0.125. The Balaban J connectivity index is 1.83. The molecule has 0 aromatic heterocycles. The quantitative estimate of drug-likeness (QED) is 0.464. The lowest BCUT2D eigenvalue weighted by molar-refractivity contribution is -0.402. The Morgan fingerprint density at radius 3 is 2.10 bits per heavy atom. The van der Waals surface area contributed by atoms with Gasteiger partial charge in [-0.3, -0.25) is 14.9 Å². The predicted molar refractivity (Wildman–Crippen MR) is 112 cm³/mol. The molecule has 1 unspecified atom stereocenters. The first-order chi connectivity index (χ1) is 14.1. The van der Waals surface area contributed by atoms with E-state index in [2.05, 4.69) is 0 Å². The average molecular weight is 384 g/mol. The molecule has 1 aliphatic heterocycles. The second kappa shape index (κ2) is 7.72. The molecule has 0 radical (unpaired) electrons. The molecule has 0 N–H and O–H groups in total. The molecule has 1 aliphatic rings. The molecule has 0 fully saturated rings. The summed E-state index contributed by atoms with van der Waals surface area (Å²) in [6.45, 7) is 0.416. The third-order valence-electron chi connectivity index (χ3n) is 5.29. The van der Waals surface area contributed by atoms with Gasteiger partial charge in [0.15, 0.2) is 0 Å². The first kappa shape index (κ1) is 18.6. The number of hydrogen-bond donors (Lipinski definition) is 0. The van der Waals surface area contributed by atoms with Crippen molar-refractivity contribution in [2.24, 2.45) is 0 Å². The van der Waals surface area contributed by atoms with E-state index in [4.69, 9.17) is 0 Å². The highest BCUT2D eigenvalue weighted by Gasteiger charge is 2.49. The van der Waals surface area contributed by atoms with Gasteiger partial charge in [0.25, 0.3) is 0 Å². The molecule has 4 rings (SSSR count). The second-order valence-corrected chi connectivity index (χ2v) is 7.13. The monoisotopic (exact) mass is 384 g/mol. The number of amides is 1. The van der Waals surface area contributed by atoms with Gasteiger partial charge in [-0.2, -0.15) is 0 Å². The highest BCUT2D eigenvalue weighted by atomic mass is 16.6. The van der Waals surface area contributed by atoms with E-state index in [1.165, 1.54) is 6.08 Å². The van der Waals surface area contributed by atoms with Gasteiger partial charge in [-0.25, -0.2) is 0 Å². The SMILES string of the molecule is O=C1N(Cc2ccccc2)c2ccccc2C1(/C=C/[N+](=O)[O-])Cc1ccccc1. The molecule has 0 aliphatic carbocycles. The Morgan fingerprint density at radius 1 is 0.862 bits per heavy atom. The lowest BCUT2D eigenvalue weighted by atomic mass is 9.76. The molecule has 1 amide bonds. The fourth-order valence-corrected chi connectivity index (χ4v) is 3.97. The van der Waals surface area contributed by atoms with Crippen molar-refractivity contribution in [2.75, 3.05) is 4.90 Å². The standard InChI is InChI=1S/C24H20N2O3/c27-23-24(15-16-26(28)29,17-19-9-3-1-4-10-19)21-13-7-8-14-22(21)25(23)18-20-11-5-2-6-12-20/h1-16H,17-18H2/b16-15+. The zero-order valence-corrected chi connectivity index (χ0v) is 15.8. The Bertz CT molecular complexity index is 1060. The van der Waals surface area contributed by atoms with Crippen molar-refractivity contribution in [1.29, 1.82) is 0 Å². The summed E-state index contributed by atoms with van der Waals surface area (Å²) in [4.78, 5) is 26.1. The highest BCUT2D eigenvalue weighted by molar-refractivity contribution is 6.09. The van der Waals surface area contributed by atoms with E-state index >= 15 is 0 Å². The van der Waals surface area contributed by atoms with Gasteiger partial charge in [0.2, 0.25) is 12.1 Å². The number of fused-ring (bicyclic) bond motifs is 1. The van der Waals surface area contributed by atoms with E-state index in [0.717, 1.165) is 28.6 Å². The van der Waals surface area contributed by atoms with Crippen LogP contribution in [0.1, 0.15) is 16.7 Å². The molecule has 0 bridgehead atoms. The van der Waals surface area contributed by atoms with Crippen LogP contribution in [0, 0.1) is 10.1 Å². The molecular formula is C24H20N2O3. The van der Waals surface area contributed by atoms with Crippen molar-refractivity contribution >= 4 is 11.6 Å². The van der Waals surface area contributed by atoms with E-state index < -0.39 is 10.3 Å². The number of anilines is 1. The number of nitrogens with zero attached hydrogens (tertiary/aromatic N) is 2. The number of hydrogen-bond acceptors (Lipinski definition) is 3. The summed E-state index contributed by atoms with van der Waals surface area (Å²) in [5, 5.41) is 11.1. The third-order valence-corrected chi connectivity index (χ3v) is 5.29. The van der Waals surface area contributed by atoms with E-state index in [1.54, 1.807) is 4.90 Å². The van der Waals surface area contributed by atoms with Crippen LogP contribution in [0.25, 0.3) is 0 Å². The van der Waals surface area contributed by atoms with Crippen LogP contribution in [-0.4, -0.2) is 10.8 Å². The van der Waals surface area contributed by atoms with Gasteiger partial charge in [-0.05, 0) is 29.2 Å². The van der Waals surface area contributed by atoms with Gasteiger partial charge in [-0.15, -0.1) is 0 Å². The summed E-state index contributed by atoms with van der Waals surface area (Å²) in [6.07, 6.45) is 2.70. The molecule has 1 heterocycles. The first-order valence-electron chi connectivity index (χ1n) is 9.42. The largest absolute Gasteiger partial charge is 0.307 e. The van der Waals surface area contributed by atoms with Crippen LogP contribution in [0.4, 0.5) is 5.69 Å². The van der Waals surface area contributed by atoms with Gasteiger partial charge >= 0.3 is 0 Å². The molecule has 144 valence electrons. The number of carbonyl (C=O) groups excluding carboxylic acids is 1. The highest BCUT2D eigenvalue weighted by Crippen LogP contribution is 2.45. The molecule has 0 saturated heterocycles. The number of para-hydroxylation sites is 1. The second-order valence-electron chi connectivity index (χ2n) is 7.13. The molecule has 3 aromatic carbocycles. The van der Waals surface area contributed by atoms with Crippen LogP contribution in [0.15, 0.2) is 97.2 Å². The summed E-state index contributed by atoms with van der Waals surface area (Å²) in [5.74, 6) is -0.149. The fourth-order valence-electron chi connectivity index (χ4n) is 3.97.